The summed E-state index contributed by atoms with van der Waals surface area (Å²) in [5.41, 5.74) is 1.86. The number of fused-ring (bicyclic) bond motifs is 1. The highest BCUT2D eigenvalue weighted by atomic mass is 16.2. The molecule has 6 nitrogen and oxygen atoms in total. The minimum absolute atomic E-state index is 0.170. The van der Waals surface area contributed by atoms with E-state index in [-0.39, 0.29) is 23.2 Å². The van der Waals surface area contributed by atoms with E-state index in [0.29, 0.717) is 6.54 Å². The van der Waals surface area contributed by atoms with E-state index in [1.807, 2.05) is 31.2 Å². The Bertz CT molecular complexity index is 705. The lowest BCUT2D eigenvalue weighted by atomic mass is 10.1. The third kappa shape index (κ3) is 2.71. The first-order chi connectivity index (χ1) is 10.1. The lowest BCUT2D eigenvalue weighted by Crippen LogP contribution is -2.40. The number of aromatic amines is 1. The van der Waals surface area contributed by atoms with Crippen LogP contribution in [0.3, 0.4) is 0 Å². The number of hydrogen-bond donors (Lipinski definition) is 2. The van der Waals surface area contributed by atoms with Gasteiger partial charge in [0.25, 0.3) is 11.5 Å². The zero-order valence-corrected chi connectivity index (χ0v) is 11.7. The molecule has 2 aromatic rings. The third-order valence-electron chi connectivity index (χ3n) is 3.52. The zero-order valence-electron chi connectivity index (χ0n) is 11.7. The fourth-order valence-electron chi connectivity index (χ4n) is 2.44. The van der Waals surface area contributed by atoms with E-state index in [1.54, 1.807) is 4.90 Å². The van der Waals surface area contributed by atoms with Crippen molar-refractivity contribution in [2.24, 2.45) is 0 Å². The molecular weight excluding hydrogens is 268 g/mol. The highest BCUT2D eigenvalue weighted by molar-refractivity contribution is 6.05. The molecule has 1 aliphatic heterocycles. The van der Waals surface area contributed by atoms with Gasteiger partial charge in [0.2, 0.25) is 0 Å². The normalized spacial score (nSPS) is 18.0. The number of carbonyl (C=O) groups is 1. The second-order valence-electron chi connectivity index (χ2n) is 5.13. The van der Waals surface area contributed by atoms with Crippen LogP contribution < -0.4 is 15.8 Å². The number of para-hydroxylation sites is 1. The van der Waals surface area contributed by atoms with E-state index >= 15 is 0 Å². The first kappa shape index (κ1) is 13.5. The maximum Gasteiger partial charge on any atom is 0.278 e. The first-order valence-corrected chi connectivity index (χ1v) is 6.84. The molecule has 1 aromatic carbocycles. The number of H-pyrrole nitrogens is 1. The summed E-state index contributed by atoms with van der Waals surface area (Å²) in [7, 11) is 0. The Labute approximate surface area is 121 Å². The second-order valence-corrected chi connectivity index (χ2v) is 5.13. The zero-order chi connectivity index (χ0) is 14.8. The number of hydrogen-bond acceptors (Lipinski definition) is 4. The molecule has 2 N–H and O–H groups in total. The molecule has 6 heteroatoms. The van der Waals surface area contributed by atoms with Gasteiger partial charge in [-0.05, 0) is 24.6 Å². The minimum atomic E-state index is -0.321. The SMILES string of the molecule is CC1CN(C(=O)c2ccc(=O)[nH]n2)c2ccccc2CN1. The van der Waals surface area contributed by atoms with Gasteiger partial charge in [-0.25, -0.2) is 5.10 Å². The van der Waals surface area contributed by atoms with Gasteiger partial charge >= 0.3 is 0 Å². The number of nitrogens with one attached hydrogen (secondary N) is 2. The molecule has 1 unspecified atom stereocenters. The number of nitrogens with zero attached hydrogens (tertiary/aromatic N) is 2. The van der Waals surface area contributed by atoms with Crippen LogP contribution in [0.2, 0.25) is 0 Å². The molecule has 1 atom stereocenters. The van der Waals surface area contributed by atoms with Gasteiger partial charge in [0.15, 0.2) is 0 Å². The molecule has 0 radical (unpaired) electrons. The Morgan fingerprint density at radius 3 is 2.86 bits per heavy atom. The molecule has 21 heavy (non-hydrogen) atoms. The summed E-state index contributed by atoms with van der Waals surface area (Å²) in [6.45, 7) is 3.31. The number of amides is 1. The van der Waals surface area contributed by atoms with Crippen LogP contribution in [0.5, 0.6) is 0 Å². The van der Waals surface area contributed by atoms with Crippen molar-refractivity contribution in [2.75, 3.05) is 11.4 Å². The van der Waals surface area contributed by atoms with Crippen LogP contribution in [0, 0.1) is 0 Å². The van der Waals surface area contributed by atoms with E-state index in [2.05, 4.69) is 15.5 Å². The number of aromatic nitrogens is 2. The van der Waals surface area contributed by atoms with Gasteiger partial charge in [-0.1, -0.05) is 18.2 Å². The summed E-state index contributed by atoms with van der Waals surface area (Å²) in [5, 5.41) is 9.51. The van der Waals surface area contributed by atoms with Crippen LogP contribution in [0.1, 0.15) is 23.0 Å². The fraction of sp³-hybridized carbons (Fsp3) is 0.267. The maximum atomic E-state index is 12.7. The van der Waals surface area contributed by atoms with Gasteiger partial charge in [-0.3, -0.25) is 9.59 Å². The molecule has 0 spiro atoms. The quantitative estimate of drug-likeness (QED) is 0.816. The van der Waals surface area contributed by atoms with Gasteiger partial charge in [0, 0.05) is 30.9 Å². The van der Waals surface area contributed by atoms with Crippen LogP contribution in [0.4, 0.5) is 5.69 Å². The summed E-state index contributed by atoms with van der Waals surface area (Å²) in [5.74, 6) is -0.214. The smallest absolute Gasteiger partial charge is 0.278 e. The average molecular weight is 284 g/mol. The topological polar surface area (TPSA) is 78.1 Å². The number of anilines is 1. The molecule has 0 saturated heterocycles. The van der Waals surface area contributed by atoms with Crippen LogP contribution in [-0.4, -0.2) is 28.7 Å². The van der Waals surface area contributed by atoms with E-state index in [4.69, 9.17) is 0 Å². The maximum absolute atomic E-state index is 12.7. The summed E-state index contributed by atoms with van der Waals surface area (Å²) < 4.78 is 0. The number of carbonyl (C=O) groups excluding carboxylic acids is 1. The summed E-state index contributed by atoms with van der Waals surface area (Å²) >= 11 is 0. The van der Waals surface area contributed by atoms with E-state index < -0.39 is 0 Å². The highest BCUT2D eigenvalue weighted by Gasteiger charge is 2.25. The van der Waals surface area contributed by atoms with Crippen molar-refractivity contribution in [1.82, 2.24) is 15.5 Å². The predicted molar refractivity (Wildman–Crippen MR) is 79.3 cm³/mol. The van der Waals surface area contributed by atoms with E-state index in [0.717, 1.165) is 17.8 Å². The van der Waals surface area contributed by atoms with Gasteiger partial charge in [0.05, 0.1) is 0 Å². The molecule has 3 rings (SSSR count). The molecule has 1 amide bonds. The standard InChI is InChI=1S/C15H16N4O2/c1-10-9-19(13-5-3-2-4-11(13)8-16-10)15(21)12-6-7-14(20)18-17-12/h2-7,10,16H,8-9H2,1H3,(H,18,20). The first-order valence-electron chi connectivity index (χ1n) is 6.84. The van der Waals surface area contributed by atoms with Crippen molar-refractivity contribution < 1.29 is 4.79 Å². The molecule has 108 valence electrons. The van der Waals surface area contributed by atoms with Gasteiger partial charge in [0.1, 0.15) is 5.69 Å². The van der Waals surface area contributed by atoms with Crippen molar-refractivity contribution >= 4 is 11.6 Å². The Hall–Kier alpha value is -2.47. The van der Waals surface area contributed by atoms with Gasteiger partial charge in [-0.2, -0.15) is 5.10 Å². The van der Waals surface area contributed by atoms with Crippen molar-refractivity contribution in [3.05, 3.63) is 58.0 Å². The van der Waals surface area contributed by atoms with Crippen LogP contribution in [0.15, 0.2) is 41.2 Å². The van der Waals surface area contributed by atoms with Crippen molar-refractivity contribution in [3.63, 3.8) is 0 Å². The largest absolute Gasteiger partial charge is 0.308 e. The molecule has 0 bridgehead atoms. The van der Waals surface area contributed by atoms with E-state index in [1.165, 1.54) is 12.1 Å². The Balaban J connectivity index is 2.01. The summed E-state index contributed by atoms with van der Waals surface area (Å²) in [6.07, 6.45) is 0. The van der Waals surface area contributed by atoms with Crippen LogP contribution >= 0.6 is 0 Å². The number of rotatable bonds is 1. The molecule has 2 heterocycles. The highest BCUT2D eigenvalue weighted by Crippen LogP contribution is 2.24. The molecule has 0 aliphatic carbocycles. The molecular formula is C15H16N4O2. The van der Waals surface area contributed by atoms with Crippen molar-refractivity contribution in [3.8, 4) is 0 Å². The summed E-state index contributed by atoms with van der Waals surface area (Å²) in [4.78, 5) is 25.5. The summed E-state index contributed by atoms with van der Waals surface area (Å²) in [6, 6.07) is 10.7. The molecule has 0 saturated carbocycles. The molecule has 1 aromatic heterocycles. The Morgan fingerprint density at radius 1 is 1.29 bits per heavy atom. The minimum Gasteiger partial charge on any atom is -0.308 e. The number of benzene rings is 1. The lowest BCUT2D eigenvalue weighted by molar-refractivity contribution is 0.0979. The third-order valence-corrected chi connectivity index (χ3v) is 3.52. The second kappa shape index (κ2) is 5.49. The Kier molecular flexibility index (Phi) is 3.53. The van der Waals surface area contributed by atoms with Crippen LogP contribution in [-0.2, 0) is 6.54 Å². The lowest BCUT2D eigenvalue weighted by Gasteiger charge is -2.23. The van der Waals surface area contributed by atoms with Gasteiger partial charge in [-0.15, -0.1) is 0 Å². The van der Waals surface area contributed by atoms with Crippen LogP contribution in [0.25, 0.3) is 0 Å². The Morgan fingerprint density at radius 2 is 2.10 bits per heavy atom. The van der Waals surface area contributed by atoms with Crippen molar-refractivity contribution in [2.45, 2.75) is 19.5 Å². The monoisotopic (exact) mass is 284 g/mol. The predicted octanol–water partition coefficient (Wildman–Crippen LogP) is 0.908. The molecule has 0 fully saturated rings. The van der Waals surface area contributed by atoms with Crippen molar-refractivity contribution in [1.29, 1.82) is 0 Å². The molecule has 1 aliphatic rings. The average Bonchev–Trinajstić information content (AvgIpc) is 2.67. The fourth-order valence-corrected chi connectivity index (χ4v) is 2.44. The van der Waals surface area contributed by atoms with E-state index in [9.17, 15) is 9.59 Å². The van der Waals surface area contributed by atoms with Gasteiger partial charge < -0.3 is 10.2 Å².